The second-order valence-electron chi connectivity index (χ2n) is 9.65. The highest BCUT2D eigenvalue weighted by Gasteiger charge is 2.59. The number of hydrogen-bond acceptors (Lipinski definition) is 3. The van der Waals surface area contributed by atoms with Gasteiger partial charge in [-0.2, -0.15) is 5.10 Å². The molecule has 5 heteroatoms. The van der Waals surface area contributed by atoms with Crippen LogP contribution in [0.4, 0.5) is 0 Å². The van der Waals surface area contributed by atoms with Crippen LogP contribution in [0.1, 0.15) is 71.6 Å². The van der Waals surface area contributed by atoms with Crippen LogP contribution >= 0.6 is 12.2 Å². The molecule has 4 N–H and O–H groups in total. The fraction of sp³-hybridized carbons (Fsp3) is 0.900. The minimum atomic E-state index is -0.0692. The standard InChI is InChI=1S/C20H33N3OS/c1-19-9-7-13(22-23-18(21)25)11-12(19)3-4-14-15-5-6-17(24)20(15,2)10-8-16(14)19/h12,14-17,24H,3-11H2,1-2H3,(H3,21,23,25)/b22-13-/t12-,14-,15+,16-,17-,19-,20-/m0/s1. The van der Waals surface area contributed by atoms with Gasteiger partial charge in [0, 0.05) is 5.71 Å². The Morgan fingerprint density at radius 3 is 2.64 bits per heavy atom. The molecular weight excluding hydrogens is 330 g/mol. The lowest BCUT2D eigenvalue weighted by Crippen LogP contribution is -2.54. The summed E-state index contributed by atoms with van der Waals surface area (Å²) in [5.74, 6) is 3.14. The number of aliphatic hydroxyl groups is 1. The lowest BCUT2D eigenvalue weighted by Gasteiger charge is -2.60. The molecule has 4 rings (SSSR count). The first-order valence-corrected chi connectivity index (χ1v) is 10.5. The summed E-state index contributed by atoms with van der Waals surface area (Å²) in [7, 11) is 0. The molecule has 25 heavy (non-hydrogen) atoms. The van der Waals surface area contributed by atoms with Crippen molar-refractivity contribution in [1.82, 2.24) is 5.43 Å². The van der Waals surface area contributed by atoms with Crippen LogP contribution in [0.25, 0.3) is 0 Å². The number of hydrogen-bond donors (Lipinski definition) is 3. The van der Waals surface area contributed by atoms with Crippen molar-refractivity contribution in [1.29, 1.82) is 0 Å². The highest BCUT2D eigenvalue weighted by molar-refractivity contribution is 7.80. The minimum absolute atomic E-state index is 0.0692. The molecule has 7 atom stereocenters. The number of rotatable bonds is 1. The summed E-state index contributed by atoms with van der Waals surface area (Å²) in [4.78, 5) is 0. The Labute approximate surface area is 157 Å². The Bertz CT molecular complexity index is 593. The van der Waals surface area contributed by atoms with Crippen molar-refractivity contribution in [2.75, 3.05) is 0 Å². The Morgan fingerprint density at radius 1 is 1.12 bits per heavy atom. The number of hydrazone groups is 1. The molecular formula is C20H33N3OS. The average molecular weight is 364 g/mol. The number of nitrogens with two attached hydrogens (primary N) is 1. The van der Waals surface area contributed by atoms with E-state index in [9.17, 15) is 5.11 Å². The predicted octanol–water partition coefficient (Wildman–Crippen LogP) is 3.58. The zero-order valence-electron chi connectivity index (χ0n) is 15.6. The summed E-state index contributed by atoms with van der Waals surface area (Å²) >= 11 is 4.88. The largest absolute Gasteiger partial charge is 0.393 e. The van der Waals surface area contributed by atoms with Gasteiger partial charge in [-0.15, -0.1) is 0 Å². The number of nitrogens with one attached hydrogen (secondary N) is 1. The van der Waals surface area contributed by atoms with E-state index >= 15 is 0 Å². The molecule has 0 aliphatic heterocycles. The smallest absolute Gasteiger partial charge is 0.184 e. The summed E-state index contributed by atoms with van der Waals surface area (Å²) in [5.41, 5.74) is 10.2. The summed E-state index contributed by atoms with van der Waals surface area (Å²) in [6.45, 7) is 4.92. The monoisotopic (exact) mass is 363 g/mol. The van der Waals surface area contributed by atoms with Crippen LogP contribution in [0.3, 0.4) is 0 Å². The number of thiocarbonyl (C=S) groups is 1. The van der Waals surface area contributed by atoms with E-state index < -0.39 is 0 Å². The summed E-state index contributed by atoms with van der Waals surface area (Å²) < 4.78 is 0. The Balaban J connectivity index is 1.53. The number of nitrogens with zero attached hydrogens (tertiary/aromatic N) is 1. The molecule has 4 nitrogen and oxygen atoms in total. The quantitative estimate of drug-likeness (QED) is 0.492. The van der Waals surface area contributed by atoms with Gasteiger partial charge in [-0.25, -0.2) is 0 Å². The Hall–Kier alpha value is -0.680. The normalized spacial score (nSPS) is 50.7. The van der Waals surface area contributed by atoms with E-state index in [-0.39, 0.29) is 16.6 Å². The van der Waals surface area contributed by atoms with Gasteiger partial charge < -0.3 is 10.8 Å². The van der Waals surface area contributed by atoms with Gasteiger partial charge in [0.05, 0.1) is 6.10 Å². The van der Waals surface area contributed by atoms with Gasteiger partial charge in [0.15, 0.2) is 5.11 Å². The van der Waals surface area contributed by atoms with Gasteiger partial charge in [-0.1, -0.05) is 13.8 Å². The molecule has 4 saturated carbocycles. The summed E-state index contributed by atoms with van der Waals surface area (Å²) in [6.07, 6.45) is 10.8. The molecule has 0 radical (unpaired) electrons. The van der Waals surface area contributed by atoms with Crippen molar-refractivity contribution < 1.29 is 5.11 Å². The van der Waals surface area contributed by atoms with Gasteiger partial charge in [0.25, 0.3) is 0 Å². The first kappa shape index (κ1) is 17.7. The maximum Gasteiger partial charge on any atom is 0.184 e. The molecule has 0 amide bonds. The van der Waals surface area contributed by atoms with Gasteiger partial charge in [0.1, 0.15) is 0 Å². The Kier molecular flexibility index (Phi) is 4.39. The van der Waals surface area contributed by atoms with Crippen molar-refractivity contribution in [3.05, 3.63) is 0 Å². The predicted molar refractivity (Wildman–Crippen MR) is 105 cm³/mol. The van der Waals surface area contributed by atoms with Crippen LogP contribution in [0, 0.1) is 34.5 Å². The van der Waals surface area contributed by atoms with Crippen molar-refractivity contribution in [2.24, 2.45) is 45.3 Å². The molecule has 0 spiro atoms. The van der Waals surface area contributed by atoms with E-state index in [4.69, 9.17) is 18.0 Å². The van der Waals surface area contributed by atoms with E-state index in [0.717, 1.165) is 42.9 Å². The highest BCUT2D eigenvalue weighted by Crippen LogP contribution is 2.65. The van der Waals surface area contributed by atoms with Gasteiger partial charge in [0.2, 0.25) is 0 Å². The fourth-order valence-electron chi connectivity index (χ4n) is 7.27. The Morgan fingerprint density at radius 2 is 1.88 bits per heavy atom. The summed E-state index contributed by atoms with van der Waals surface area (Å²) in [5, 5.41) is 15.3. The molecule has 4 aliphatic rings. The zero-order valence-corrected chi connectivity index (χ0v) is 16.4. The zero-order chi connectivity index (χ0) is 17.8. The molecule has 0 unspecified atom stereocenters. The molecule has 0 bridgehead atoms. The molecule has 0 aromatic heterocycles. The van der Waals surface area contributed by atoms with E-state index in [1.807, 2.05) is 0 Å². The first-order chi connectivity index (χ1) is 11.8. The van der Waals surface area contributed by atoms with Crippen molar-refractivity contribution in [3.63, 3.8) is 0 Å². The van der Waals surface area contributed by atoms with Crippen LogP contribution in [0.2, 0.25) is 0 Å². The third kappa shape index (κ3) is 2.73. The van der Waals surface area contributed by atoms with Crippen LogP contribution in [0.15, 0.2) is 5.10 Å². The molecule has 4 aliphatic carbocycles. The lowest BCUT2D eigenvalue weighted by molar-refractivity contribution is -0.112. The van der Waals surface area contributed by atoms with Crippen LogP contribution < -0.4 is 11.2 Å². The second kappa shape index (κ2) is 6.19. The maximum atomic E-state index is 10.6. The van der Waals surface area contributed by atoms with Crippen molar-refractivity contribution in [3.8, 4) is 0 Å². The van der Waals surface area contributed by atoms with Gasteiger partial charge in [-0.3, -0.25) is 5.43 Å². The second-order valence-corrected chi connectivity index (χ2v) is 10.1. The summed E-state index contributed by atoms with van der Waals surface area (Å²) in [6, 6.07) is 0. The van der Waals surface area contributed by atoms with Gasteiger partial charge in [-0.05, 0) is 105 Å². The lowest BCUT2D eigenvalue weighted by atomic mass is 9.45. The third-order valence-corrected chi connectivity index (χ3v) is 8.86. The topological polar surface area (TPSA) is 70.6 Å². The molecule has 140 valence electrons. The maximum absolute atomic E-state index is 10.6. The molecule has 0 heterocycles. The highest BCUT2D eigenvalue weighted by atomic mass is 32.1. The van der Waals surface area contributed by atoms with E-state index in [1.54, 1.807) is 0 Å². The molecule has 0 aromatic rings. The average Bonchev–Trinajstić information content (AvgIpc) is 2.88. The minimum Gasteiger partial charge on any atom is -0.393 e. The van der Waals surface area contributed by atoms with Crippen LogP contribution in [-0.2, 0) is 0 Å². The van der Waals surface area contributed by atoms with E-state index in [2.05, 4.69) is 24.4 Å². The fourth-order valence-corrected chi connectivity index (χ4v) is 7.31. The van der Waals surface area contributed by atoms with Crippen LogP contribution in [0.5, 0.6) is 0 Å². The van der Waals surface area contributed by atoms with Crippen molar-refractivity contribution >= 4 is 23.0 Å². The number of fused-ring (bicyclic) bond motifs is 5. The van der Waals surface area contributed by atoms with Crippen molar-refractivity contribution in [2.45, 2.75) is 77.7 Å². The molecule has 0 aromatic carbocycles. The first-order valence-electron chi connectivity index (χ1n) is 10.1. The van der Waals surface area contributed by atoms with Gasteiger partial charge >= 0.3 is 0 Å². The molecule has 0 saturated heterocycles. The number of aliphatic hydroxyl groups excluding tert-OH is 1. The third-order valence-electron chi connectivity index (χ3n) is 8.77. The van der Waals surface area contributed by atoms with Crippen LogP contribution in [-0.4, -0.2) is 22.0 Å². The van der Waals surface area contributed by atoms with E-state index in [0.29, 0.717) is 5.41 Å². The van der Waals surface area contributed by atoms with E-state index in [1.165, 1.54) is 44.2 Å². The SMILES string of the molecule is C[C@]12CC[C@H]3[C@@H](CC[C@H]4C/C(=N\NC(N)=S)CC[C@@]43C)[C@H]1CC[C@@H]2O. The molecule has 4 fully saturated rings.